The lowest BCUT2D eigenvalue weighted by atomic mass is 9.98. The molecule has 170 valence electrons. The molecule has 0 amide bonds. The van der Waals surface area contributed by atoms with E-state index in [0.717, 1.165) is 41.8 Å². The van der Waals surface area contributed by atoms with Crippen molar-refractivity contribution in [2.45, 2.75) is 38.6 Å². The van der Waals surface area contributed by atoms with E-state index >= 15 is 0 Å². The summed E-state index contributed by atoms with van der Waals surface area (Å²) in [5, 5.41) is 1.26. The van der Waals surface area contributed by atoms with E-state index in [0.29, 0.717) is 0 Å². The Morgan fingerprint density at radius 3 is 2.38 bits per heavy atom. The lowest BCUT2D eigenvalue weighted by Crippen LogP contribution is -2.05. The number of para-hydroxylation sites is 2. The second-order valence-electron chi connectivity index (χ2n) is 9.45. The molecule has 2 heterocycles. The van der Waals surface area contributed by atoms with Gasteiger partial charge in [-0.15, -0.1) is 0 Å². The highest BCUT2D eigenvalue weighted by Crippen LogP contribution is 2.32. The van der Waals surface area contributed by atoms with Crippen LogP contribution in [0.2, 0.25) is 0 Å². The van der Waals surface area contributed by atoms with Crippen LogP contribution in [0.25, 0.3) is 44.6 Å². The molecule has 0 aliphatic heterocycles. The second-order valence-corrected chi connectivity index (χ2v) is 9.45. The first-order chi connectivity index (χ1) is 16.7. The number of rotatable bonds is 4. The first-order valence-electron chi connectivity index (χ1n) is 12.3. The van der Waals surface area contributed by atoms with Crippen LogP contribution in [0.15, 0.2) is 77.8 Å². The largest absolute Gasteiger partial charge is 0.344 e. The predicted molar refractivity (Wildman–Crippen MR) is 142 cm³/mol. The lowest BCUT2D eigenvalue weighted by molar-refractivity contribution is 0.663. The third-order valence-corrected chi connectivity index (χ3v) is 7.27. The maximum atomic E-state index is 5.13. The summed E-state index contributed by atoms with van der Waals surface area (Å²) < 4.78 is 4.49. The zero-order valence-electron chi connectivity index (χ0n) is 20.0. The number of aryl methyl sites for hydroxylation is 2. The molecule has 0 spiro atoms. The zero-order chi connectivity index (χ0) is 23.1. The highest BCUT2D eigenvalue weighted by atomic mass is 15.1. The van der Waals surface area contributed by atoms with Crippen LogP contribution in [-0.2, 0) is 20.6 Å². The second kappa shape index (κ2) is 8.60. The standard InChI is InChI=1S/C30H30N4/c1-33-26-16-7-6-10-22(26)19-28(33)21-11-8-12-23(18-21)30-32-29-24(13-9-17-27(29)34(30)2)20-31-25-14-4-3-5-15-25/h6-13,16-19H,3-5,14-15,20H2,1-2H3. The van der Waals surface area contributed by atoms with Gasteiger partial charge in [0, 0.05) is 47.5 Å². The van der Waals surface area contributed by atoms with Crippen LogP contribution in [0.5, 0.6) is 0 Å². The smallest absolute Gasteiger partial charge is 0.140 e. The Balaban J connectivity index is 1.40. The molecule has 0 N–H and O–H groups in total. The number of aromatic nitrogens is 3. The Bertz CT molecular complexity index is 1520. The maximum Gasteiger partial charge on any atom is 0.140 e. The average molecular weight is 447 g/mol. The summed E-state index contributed by atoms with van der Waals surface area (Å²) in [6.07, 6.45) is 6.22. The first kappa shape index (κ1) is 20.9. The molecule has 3 aromatic carbocycles. The summed E-state index contributed by atoms with van der Waals surface area (Å²) in [5.41, 5.74) is 9.60. The summed E-state index contributed by atoms with van der Waals surface area (Å²) in [6, 6.07) is 26.0. The SMILES string of the molecule is Cn1c(-c2cccc(-c3nc4c(CN=C5CCCCC5)cccc4n3C)c2)cc2ccccc21. The normalized spacial score (nSPS) is 14.2. The molecule has 34 heavy (non-hydrogen) atoms. The lowest BCUT2D eigenvalue weighted by Gasteiger charge is -2.12. The van der Waals surface area contributed by atoms with Gasteiger partial charge in [0.05, 0.1) is 17.6 Å². The van der Waals surface area contributed by atoms with Gasteiger partial charge >= 0.3 is 0 Å². The van der Waals surface area contributed by atoms with Crippen molar-refractivity contribution in [2.75, 3.05) is 0 Å². The third-order valence-electron chi connectivity index (χ3n) is 7.27. The monoisotopic (exact) mass is 446 g/mol. The number of hydrogen-bond acceptors (Lipinski definition) is 2. The molecule has 4 heteroatoms. The quantitative estimate of drug-likeness (QED) is 0.285. The molecule has 1 saturated carbocycles. The first-order valence-corrected chi connectivity index (χ1v) is 12.3. The molecule has 0 bridgehead atoms. The minimum atomic E-state index is 0.721. The van der Waals surface area contributed by atoms with Crippen molar-refractivity contribution in [1.29, 1.82) is 0 Å². The number of imidazole rings is 1. The van der Waals surface area contributed by atoms with Gasteiger partial charge in [0.1, 0.15) is 5.82 Å². The molecule has 1 aliphatic carbocycles. The molecule has 0 unspecified atom stereocenters. The van der Waals surface area contributed by atoms with E-state index in [1.807, 2.05) is 0 Å². The fraction of sp³-hybridized carbons (Fsp3) is 0.267. The summed E-state index contributed by atoms with van der Waals surface area (Å²) >= 11 is 0. The Morgan fingerprint density at radius 2 is 1.53 bits per heavy atom. The van der Waals surface area contributed by atoms with Crippen LogP contribution in [-0.4, -0.2) is 19.8 Å². The summed E-state index contributed by atoms with van der Waals surface area (Å²) in [5.74, 6) is 0.994. The van der Waals surface area contributed by atoms with E-state index in [4.69, 9.17) is 9.98 Å². The van der Waals surface area contributed by atoms with Crippen LogP contribution >= 0.6 is 0 Å². The Morgan fingerprint density at radius 1 is 0.765 bits per heavy atom. The Labute approximate surface area is 200 Å². The zero-order valence-corrected chi connectivity index (χ0v) is 20.0. The molecule has 1 aliphatic rings. The van der Waals surface area contributed by atoms with Crippen molar-refractivity contribution in [3.63, 3.8) is 0 Å². The van der Waals surface area contributed by atoms with E-state index in [-0.39, 0.29) is 0 Å². The molecule has 0 radical (unpaired) electrons. The van der Waals surface area contributed by atoms with E-state index in [1.54, 1.807) is 0 Å². The maximum absolute atomic E-state index is 5.13. The van der Waals surface area contributed by atoms with Gasteiger partial charge in [-0.05, 0) is 55.5 Å². The van der Waals surface area contributed by atoms with Gasteiger partial charge in [-0.25, -0.2) is 4.98 Å². The fourth-order valence-corrected chi connectivity index (χ4v) is 5.36. The molecule has 1 fully saturated rings. The molecule has 0 saturated heterocycles. The fourth-order valence-electron chi connectivity index (χ4n) is 5.36. The van der Waals surface area contributed by atoms with E-state index < -0.39 is 0 Å². The van der Waals surface area contributed by atoms with Gasteiger partial charge in [-0.2, -0.15) is 0 Å². The molecular formula is C30H30N4. The predicted octanol–water partition coefficient (Wildman–Crippen LogP) is 7.30. The highest BCUT2D eigenvalue weighted by Gasteiger charge is 2.15. The molecule has 0 atom stereocenters. The summed E-state index contributed by atoms with van der Waals surface area (Å²) in [7, 11) is 4.25. The minimum Gasteiger partial charge on any atom is -0.344 e. The van der Waals surface area contributed by atoms with Crippen molar-refractivity contribution in [3.05, 3.63) is 78.4 Å². The van der Waals surface area contributed by atoms with E-state index in [1.165, 1.54) is 52.7 Å². The number of benzene rings is 3. The van der Waals surface area contributed by atoms with Gasteiger partial charge < -0.3 is 9.13 Å². The topological polar surface area (TPSA) is 35.1 Å². The minimum absolute atomic E-state index is 0.721. The van der Waals surface area contributed by atoms with Crippen molar-refractivity contribution < 1.29 is 0 Å². The van der Waals surface area contributed by atoms with Crippen LogP contribution < -0.4 is 0 Å². The van der Waals surface area contributed by atoms with Gasteiger partial charge in [0.15, 0.2) is 0 Å². The van der Waals surface area contributed by atoms with Crippen molar-refractivity contribution in [1.82, 2.24) is 14.1 Å². The van der Waals surface area contributed by atoms with Crippen LogP contribution in [0.4, 0.5) is 0 Å². The van der Waals surface area contributed by atoms with E-state index in [9.17, 15) is 0 Å². The number of hydrogen-bond donors (Lipinski definition) is 0. The molecule has 4 nitrogen and oxygen atoms in total. The van der Waals surface area contributed by atoms with Gasteiger partial charge in [0.2, 0.25) is 0 Å². The average Bonchev–Trinajstić information content (AvgIpc) is 3.41. The molecule has 5 aromatic rings. The molecule has 2 aromatic heterocycles. The van der Waals surface area contributed by atoms with Gasteiger partial charge in [-0.3, -0.25) is 4.99 Å². The number of nitrogens with zero attached hydrogens (tertiary/aromatic N) is 4. The number of aliphatic imine (C=N–C) groups is 1. The number of fused-ring (bicyclic) bond motifs is 2. The van der Waals surface area contributed by atoms with Crippen LogP contribution in [0, 0.1) is 0 Å². The summed E-state index contributed by atoms with van der Waals surface area (Å²) in [4.78, 5) is 10.1. The third kappa shape index (κ3) is 3.63. The molecule has 6 rings (SSSR count). The van der Waals surface area contributed by atoms with Crippen molar-refractivity contribution in [3.8, 4) is 22.6 Å². The van der Waals surface area contributed by atoms with E-state index in [2.05, 4.69) is 96.0 Å². The summed E-state index contributed by atoms with van der Waals surface area (Å²) in [6.45, 7) is 0.721. The Kier molecular flexibility index (Phi) is 5.29. The van der Waals surface area contributed by atoms with Crippen molar-refractivity contribution >= 4 is 27.6 Å². The van der Waals surface area contributed by atoms with Gasteiger partial charge in [0.25, 0.3) is 0 Å². The van der Waals surface area contributed by atoms with Crippen LogP contribution in [0.3, 0.4) is 0 Å². The highest BCUT2D eigenvalue weighted by molar-refractivity contribution is 5.89. The van der Waals surface area contributed by atoms with Crippen LogP contribution in [0.1, 0.15) is 37.7 Å². The molecular weight excluding hydrogens is 416 g/mol. The van der Waals surface area contributed by atoms with Crippen molar-refractivity contribution in [2.24, 2.45) is 19.1 Å². The van der Waals surface area contributed by atoms with Gasteiger partial charge in [-0.1, -0.05) is 55.0 Å². The Hall–Kier alpha value is -3.66.